The summed E-state index contributed by atoms with van der Waals surface area (Å²) in [7, 11) is 0. The highest BCUT2D eigenvalue weighted by Crippen LogP contribution is 2.25. The molecule has 20 heavy (non-hydrogen) atoms. The number of rotatable bonds is 8. The summed E-state index contributed by atoms with van der Waals surface area (Å²) in [4.78, 5) is 0. The third-order valence-electron chi connectivity index (χ3n) is 3.86. The van der Waals surface area contributed by atoms with Gasteiger partial charge >= 0.3 is 0 Å². The van der Waals surface area contributed by atoms with Crippen molar-refractivity contribution in [3.05, 3.63) is 48.6 Å². The number of epoxide rings is 2. The number of ether oxygens (including phenoxy) is 2. The van der Waals surface area contributed by atoms with Gasteiger partial charge in [0, 0.05) is 5.56 Å². The summed E-state index contributed by atoms with van der Waals surface area (Å²) in [6, 6.07) is 10.7. The van der Waals surface area contributed by atoms with Gasteiger partial charge in [-0.3, -0.25) is 0 Å². The summed E-state index contributed by atoms with van der Waals surface area (Å²) >= 11 is 0. The maximum atomic E-state index is 5.46. The maximum absolute atomic E-state index is 5.46. The van der Waals surface area contributed by atoms with E-state index in [4.69, 9.17) is 9.47 Å². The van der Waals surface area contributed by atoms with Gasteiger partial charge in [-0.05, 0) is 6.08 Å². The molecule has 0 N–H and O–H groups in total. The van der Waals surface area contributed by atoms with Crippen LogP contribution >= 0.6 is 0 Å². The molecule has 2 aliphatic heterocycles. The van der Waals surface area contributed by atoms with Crippen LogP contribution in [-0.2, 0) is 16.0 Å². The molecule has 0 bridgehead atoms. The lowest BCUT2D eigenvalue weighted by Gasteiger charge is -2.37. The van der Waals surface area contributed by atoms with Crippen LogP contribution in [0.2, 0.25) is 0 Å². The molecule has 0 spiro atoms. The van der Waals surface area contributed by atoms with Gasteiger partial charge in [-0.1, -0.05) is 36.9 Å². The normalized spacial score (nSPS) is 26.2. The largest absolute Gasteiger partial charge is 1.00 e. The highest BCUT2D eigenvalue weighted by Gasteiger charge is 2.41. The predicted molar refractivity (Wildman–Crippen MR) is 74.7 cm³/mol. The molecule has 0 aliphatic carbocycles. The van der Waals surface area contributed by atoms with Gasteiger partial charge in [-0.15, -0.1) is 0 Å². The molecule has 110 valence electrons. The summed E-state index contributed by atoms with van der Waals surface area (Å²) in [6.07, 6.45) is 2.90. The van der Waals surface area contributed by atoms with Gasteiger partial charge in [0.2, 0.25) is 0 Å². The van der Waals surface area contributed by atoms with Gasteiger partial charge in [0.1, 0.15) is 31.8 Å². The van der Waals surface area contributed by atoms with Gasteiger partial charge in [-0.2, -0.15) is 0 Å². The zero-order chi connectivity index (χ0) is 13.1. The average Bonchev–Trinajstić information content (AvgIpc) is 3.28. The van der Waals surface area contributed by atoms with Crippen LogP contribution in [0.3, 0.4) is 0 Å². The number of halogens is 1. The molecule has 2 heterocycles. The lowest BCUT2D eigenvalue weighted by molar-refractivity contribution is -0.936. The quantitative estimate of drug-likeness (QED) is 0.349. The molecule has 2 fully saturated rings. The summed E-state index contributed by atoms with van der Waals surface area (Å²) in [6.45, 7) is 9.93. The minimum atomic E-state index is 0. The number of quaternary nitrogens is 1. The third-order valence-corrected chi connectivity index (χ3v) is 3.86. The first-order valence-corrected chi connectivity index (χ1v) is 7.03. The van der Waals surface area contributed by atoms with Crippen molar-refractivity contribution in [1.29, 1.82) is 0 Å². The van der Waals surface area contributed by atoms with Gasteiger partial charge in [0.15, 0.2) is 0 Å². The van der Waals surface area contributed by atoms with E-state index in [0.29, 0.717) is 12.2 Å². The molecule has 2 aliphatic rings. The number of hydrogen-bond acceptors (Lipinski definition) is 2. The molecule has 4 heteroatoms. The maximum Gasteiger partial charge on any atom is 0.130 e. The smallest absolute Gasteiger partial charge is 0.130 e. The predicted octanol–water partition coefficient (Wildman–Crippen LogP) is -1.01. The summed E-state index contributed by atoms with van der Waals surface area (Å²) in [5, 5.41) is 0. The van der Waals surface area contributed by atoms with Crippen molar-refractivity contribution < 1.29 is 26.4 Å². The molecular formula is C16H22ClNO2. The van der Waals surface area contributed by atoms with E-state index in [2.05, 4.69) is 36.9 Å². The molecule has 2 unspecified atom stereocenters. The van der Waals surface area contributed by atoms with E-state index < -0.39 is 0 Å². The van der Waals surface area contributed by atoms with Gasteiger partial charge in [-0.25, -0.2) is 0 Å². The Bertz CT molecular complexity index is 415. The van der Waals surface area contributed by atoms with Crippen LogP contribution in [0.1, 0.15) is 5.56 Å². The summed E-state index contributed by atoms with van der Waals surface area (Å²) in [5.74, 6) is 0. The van der Waals surface area contributed by atoms with Crippen molar-refractivity contribution in [3.63, 3.8) is 0 Å². The van der Waals surface area contributed by atoms with Crippen LogP contribution in [0.5, 0.6) is 0 Å². The van der Waals surface area contributed by atoms with Crippen molar-refractivity contribution in [1.82, 2.24) is 0 Å². The fourth-order valence-corrected chi connectivity index (χ4v) is 2.87. The Hall–Kier alpha value is -0.870. The number of nitrogens with zero attached hydrogens (tertiary/aromatic N) is 1. The molecule has 3 nitrogen and oxygen atoms in total. The Morgan fingerprint density at radius 3 is 2.10 bits per heavy atom. The first-order chi connectivity index (χ1) is 9.30. The Labute approximate surface area is 127 Å². The van der Waals surface area contributed by atoms with Crippen molar-refractivity contribution in [3.8, 4) is 0 Å². The Balaban J connectivity index is 0.00000147. The monoisotopic (exact) mass is 295 g/mol. The minimum absolute atomic E-state index is 0. The molecule has 1 aromatic rings. The molecule has 1 aromatic carbocycles. The van der Waals surface area contributed by atoms with Crippen LogP contribution in [0, 0.1) is 0 Å². The second kappa shape index (κ2) is 6.72. The van der Waals surface area contributed by atoms with E-state index in [1.165, 1.54) is 5.56 Å². The zero-order valence-corrected chi connectivity index (χ0v) is 12.5. The topological polar surface area (TPSA) is 25.1 Å². The average molecular weight is 296 g/mol. The van der Waals surface area contributed by atoms with E-state index >= 15 is 0 Å². The van der Waals surface area contributed by atoms with Crippen LogP contribution in [0.15, 0.2) is 43.0 Å². The van der Waals surface area contributed by atoms with E-state index in [1.54, 1.807) is 0 Å². The number of hydrogen-bond donors (Lipinski definition) is 0. The van der Waals surface area contributed by atoms with E-state index in [9.17, 15) is 0 Å². The number of benzene rings is 1. The van der Waals surface area contributed by atoms with E-state index in [1.807, 2.05) is 6.08 Å². The third kappa shape index (κ3) is 4.32. The summed E-state index contributed by atoms with van der Waals surface area (Å²) in [5.41, 5.74) is 1.38. The van der Waals surface area contributed by atoms with E-state index in [0.717, 1.165) is 43.9 Å². The molecule has 0 saturated carbocycles. The van der Waals surface area contributed by atoms with Crippen LogP contribution in [0.25, 0.3) is 0 Å². The molecule has 0 amide bonds. The van der Waals surface area contributed by atoms with Crippen molar-refractivity contribution in [2.75, 3.05) is 32.8 Å². The zero-order valence-electron chi connectivity index (χ0n) is 11.7. The lowest BCUT2D eigenvalue weighted by Crippen LogP contribution is -3.00. The van der Waals surface area contributed by atoms with Crippen molar-refractivity contribution >= 4 is 0 Å². The van der Waals surface area contributed by atoms with Gasteiger partial charge < -0.3 is 26.4 Å². The molecular weight excluding hydrogens is 274 g/mol. The minimum Gasteiger partial charge on any atom is -1.00 e. The lowest BCUT2D eigenvalue weighted by atomic mass is 10.1. The Kier molecular flexibility index (Phi) is 5.22. The molecule has 2 saturated heterocycles. The highest BCUT2D eigenvalue weighted by atomic mass is 35.5. The van der Waals surface area contributed by atoms with Crippen LogP contribution in [-0.4, -0.2) is 49.5 Å². The Morgan fingerprint density at radius 2 is 1.65 bits per heavy atom. The Morgan fingerprint density at radius 1 is 1.10 bits per heavy atom. The first-order valence-electron chi connectivity index (χ1n) is 7.03. The van der Waals surface area contributed by atoms with Crippen LogP contribution < -0.4 is 12.4 Å². The SMILES string of the molecule is C=CC[N+](Cc1ccccc1)(CC1CO1)CC1CO1.[Cl-]. The highest BCUT2D eigenvalue weighted by molar-refractivity contribution is 5.13. The first kappa shape index (κ1) is 15.5. The standard InChI is InChI=1S/C16H22NO2.ClH/c1-2-8-17(10-15-12-18-15,11-16-13-19-16)9-14-6-4-3-5-7-14;/h2-7,15-16H,1,8-13H2;1H/q+1;/p-1. The molecule has 2 atom stereocenters. The van der Waals surface area contributed by atoms with E-state index in [-0.39, 0.29) is 12.4 Å². The second-order valence-electron chi connectivity index (χ2n) is 5.73. The molecule has 3 rings (SSSR count). The van der Waals surface area contributed by atoms with Gasteiger partial charge in [0.05, 0.1) is 19.8 Å². The van der Waals surface area contributed by atoms with Crippen molar-refractivity contribution in [2.45, 2.75) is 18.8 Å². The van der Waals surface area contributed by atoms with Crippen LogP contribution in [0.4, 0.5) is 0 Å². The fraction of sp³-hybridized carbons (Fsp3) is 0.500. The second-order valence-corrected chi connectivity index (χ2v) is 5.73. The van der Waals surface area contributed by atoms with Gasteiger partial charge in [0.25, 0.3) is 0 Å². The molecule has 0 radical (unpaired) electrons. The fourth-order valence-electron chi connectivity index (χ4n) is 2.87. The molecule has 0 aromatic heterocycles. The summed E-state index contributed by atoms with van der Waals surface area (Å²) < 4.78 is 11.9. The van der Waals surface area contributed by atoms with Crippen molar-refractivity contribution in [2.24, 2.45) is 0 Å².